The third kappa shape index (κ3) is 3.65. The second-order valence-corrected chi connectivity index (χ2v) is 5.01. The lowest BCUT2D eigenvalue weighted by Gasteiger charge is -2.01. The summed E-state index contributed by atoms with van der Waals surface area (Å²) in [5, 5.41) is 12.7. The van der Waals surface area contributed by atoms with Crippen LogP contribution in [0.15, 0.2) is 22.7 Å². The minimum atomic E-state index is -0.102. The van der Waals surface area contributed by atoms with Gasteiger partial charge in [-0.25, -0.2) is 0 Å². The van der Waals surface area contributed by atoms with Gasteiger partial charge in [-0.05, 0) is 26.3 Å². The lowest BCUT2D eigenvalue weighted by molar-refractivity contribution is 0.365. The van der Waals surface area contributed by atoms with Crippen LogP contribution in [0.1, 0.15) is 35.3 Å². The van der Waals surface area contributed by atoms with Crippen LogP contribution in [0.5, 0.6) is 0 Å². The van der Waals surface area contributed by atoms with Crippen molar-refractivity contribution < 1.29 is 4.52 Å². The zero-order valence-corrected chi connectivity index (χ0v) is 11.5. The van der Waals surface area contributed by atoms with Crippen LogP contribution in [0, 0.1) is 31.1 Å². The largest absolute Gasteiger partial charge is 0.339 e. The Labute approximate surface area is 113 Å². The average molecular weight is 255 g/mol. The second-order valence-electron chi connectivity index (χ2n) is 5.01. The number of rotatable bonds is 4. The minimum Gasteiger partial charge on any atom is -0.339 e. The number of hydrogen-bond acceptors (Lipinski definition) is 4. The molecular weight excluding hydrogens is 238 g/mol. The Hall–Kier alpha value is -2.15. The van der Waals surface area contributed by atoms with Crippen molar-refractivity contribution in [1.29, 1.82) is 5.26 Å². The van der Waals surface area contributed by atoms with Crippen LogP contribution in [-0.2, 0) is 12.8 Å². The number of nitrogens with zero attached hydrogens (tertiary/aromatic N) is 3. The van der Waals surface area contributed by atoms with E-state index >= 15 is 0 Å². The molecule has 4 heteroatoms. The van der Waals surface area contributed by atoms with Gasteiger partial charge in [0.25, 0.3) is 0 Å². The molecule has 1 heterocycles. The molecule has 2 rings (SSSR count). The van der Waals surface area contributed by atoms with Crippen molar-refractivity contribution in [2.24, 2.45) is 5.92 Å². The molecule has 1 aromatic carbocycles. The molecule has 2 aromatic rings. The minimum absolute atomic E-state index is 0.102. The highest BCUT2D eigenvalue weighted by molar-refractivity contribution is 5.30. The fourth-order valence-electron chi connectivity index (χ4n) is 2.11. The van der Waals surface area contributed by atoms with Crippen LogP contribution in [-0.4, -0.2) is 10.1 Å². The van der Waals surface area contributed by atoms with Gasteiger partial charge in [0.1, 0.15) is 0 Å². The van der Waals surface area contributed by atoms with E-state index in [-0.39, 0.29) is 5.92 Å². The SMILES string of the molecule is Cc1cc(C)cc(Cc2noc(CC(C)C#N)n2)c1. The van der Waals surface area contributed by atoms with Crippen molar-refractivity contribution in [2.45, 2.75) is 33.6 Å². The Kier molecular flexibility index (Phi) is 3.96. The first-order valence-corrected chi connectivity index (χ1v) is 6.35. The molecule has 0 radical (unpaired) electrons. The third-order valence-electron chi connectivity index (χ3n) is 2.86. The molecule has 0 saturated carbocycles. The van der Waals surface area contributed by atoms with E-state index in [1.54, 1.807) is 0 Å². The summed E-state index contributed by atoms with van der Waals surface area (Å²) in [4.78, 5) is 4.32. The number of hydrogen-bond donors (Lipinski definition) is 0. The maximum absolute atomic E-state index is 8.76. The summed E-state index contributed by atoms with van der Waals surface area (Å²) >= 11 is 0. The Bertz CT molecular complexity index is 590. The molecule has 1 atom stereocenters. The van der Waals surface area contributed by atoms with Crippen molar-refractivity contribution in [3.8, 4) is 6.07 Å². The summed E-state index contributed by atoms with van der Waals surface area (Å²) in [5.74, 6) is 1.10. The zero-order chi connectivity index (χ0) is 13.8. The van der Waals surface area contributed by atoms with Gasteiger partial charge in [-0.3, -0.25) is 0 Å². The van der Waals surface area contributed by atoms with E-state index in [1.165, 1.54) is 16.7 Å². The van der Waals surface area contributed by atoms with E-state index in [9.17, 15) is 0 Å². The molecule has 0 aliphatic carbocycles. The maximum atomic E-state index is 8.76. The second kappa shape index (κ2) is 5.66. The molecule has 0 aliphatic heterocycles. The van der Waals surface area contributed by atoms with Gasteiger partial charge in [0.05, 0.1) is 12.0 Å². The van der Waals surface area contributed by atoms with Crippen molar-refractivity contribution in [3.05, 3.63) is 46.6 Å². The quantitative estimate of drug-likeness (QED) is 0.842. The van der Waals surface area contributed by atoms with Gasteiger partial charge in [-0.1, -0.05) is 34.5 Å². The van der Waals surface area contributed by atoms with Gasteiger partial charge in [-0.2, -0.15) is 10.2 Å². The van der Waals surface area contributed by atoms with Crippen LogP contribution in [0.4, 0.5) is 0 Å². The molecular formula is C15H17N3O. The van der Waals surface area contributed by atoms with Crippen molar-refractivity contribution in [1.82, 2.24) is 10.1 Å². The van der Waals surface area contributed by atoms with Gasteiger partial charge in [0.15, 0.2) is 5.82 Å². The Morgan fingerprint density at radius 1 is 1.26 bits per heavy atom. The van der Waals surface area contributed by atoms with E-state index in [0.29, 0.717) is 24.6 Å². The molecule has 98 valence electrons. The monoisotopic (exact) mass is 255 g/mol. The van der Waals surface area contributed by atoms with Crippen LogP contribution in [0.3, 0.4) is 0 Å². The van der Waals surface area contributed by atoms with E-state index in [2.05, 4.69) is 48.3 Å². The molecule has 0 bridgehead atoms. The molecule has 19 heavy (non-hydrogen) atoms. The highest BCUT2D eigenvalue weighted by Gasteiger charge is 2.11. The normalized spacial score (nSPS) is 12.1. The number of aryl methyl sites for hydroxylation is 2. The summed E-state index contributed by atoms with van der Waals surface area (Å²) in [7, 11) is 0. The Morgan fingerprint density at radius 2 is 1.95 bits per heavy atom. The van der Waals surface area contributed by atoms with Crippen LogP contribution in [0.25, 0.3) is 0 Å². The summed E-state index contributed by atoms with van der Waals surface area (Å²) in [6.07, 6.45) is 1.17. The molecule has 0 saturated heterocycles. The zero-order valence-electron chi connectivity index (χ0n) is 11.5. The lowest BCUT2D eigenvalue weighted by Crippen LogP contribution is -1.97. The lowest BCUT2D eigenvalue weighted by atomic mass is 10.0. The van der Waals surface area contributed by atoms with Crippen LogP contribution in [0.2, 0.25) is 0 Å². The molecule has 0 aliphatic rings. The van der Waals surface area contributed by atoms with Crippen molar-refractivity contribution >= 4 is 0 Å². The molecule has 0 amide bonds. The molecule has 0 fully saturated rings. The van der Waals surface area contributed by atoms with E-state index in [1.807, 2.05) is 6.92 Å². The molecule has 1 aromatic heterocycles. The molecule has 1 unspecified atom stereocenters. The standard InChI is InChI=1S/C15H17N3O/c1-10-4-11(2)6-13(5-10)8-14-17-15(19-18-14)7-12(3)9-16/h4-6,12H,7-8H2,1-3H3. The van der Waals surface area contributed by atoms with Gasteiger partial charge in [0, 0.05) is 12.8 Å². The topological polar surface area (TPSA) is 62.7 Å². The Morgan fingerprint density at radius 3 is 2.58 bits per heavy atom. The molecule has 0 spiro atoms. The first-order valence-electron chi connectivity index (χ1n) is 6.35. The Balaban J connectivity index is 2.09. The molecule has 0 N–H and O–H groups in total. The summed E-state index contributed by atoms with van der Waals surface area (Å²) in [6.45, 7) is 5.99. The summed E-state index contributed by atoms with van der Waals surface area (Å²) in [5.41, 5.74) is 3.65. The highest BCUT2D eigenvalue weighted by Crippen LogP contribution is 2.13. The predicted octanol–water partition coefficient (Wildman–Crippen LogP) is 2.98. The number of nitriles is 1. The van der Waals surface area contributed by atoms with E-state index in [0.717, 1.165) is 0 Å². The highest BCUT2D eigenvalue weighted by atomic mass is 16.5. The first-order chi connectivity index (χ1) is 9.06. The van der Waals surface area contributed by atoms with E-state index in [4.69, 9.17) is 9.78 Å². The average Bonchev–Trinajstić information content (AvgIpc) is 2.74. The smallest absolute Gasteiger partial charge is 0.227 e. The third-order valence-corrected chi connectivity index (χ3v) is 2.86. The molecule has 4 nitrogen and oxygen atoms in total. The fraction of sp³-hybridized carbons (Fsp3) is 0.400. The van der Waals surface area contributed by atoms with Gasteiger partial charge < -0.3 is 4.52 Å². The van der Waals surface area contributed by atoms with Gasteiger partial charge >= 0.3 is 0 Å². The number of aromatic nitrogens is 2. The van der Waals surface area contributed by atoms with Crippen LogP contribution < -0.4 is 0 Å². The maximum Gasteiger partial charge on any atom is 0.227 e. The van der Waals surface area contributed by atoms with Gasteiger partial charge in [0.2, 0.25) is 5.89 Å². The van der Waals surface area contributed by atoms with Crippen molar-refractivity contribution in [3.63, 3.8) is 0 Å². The summed E-state index contributed by atoms with van der Waals surface area (Å²) in [6, 6.07) is 8.55. The van der Waals surface area contributed by atoms with Crippen molar-refractivity contribution in [2.75, 3.05) is 0 Å². The van der Waals surface area contributed by atoms with E-state index < -0.39 is 0 Å². The fourth-order valence-corrected chi connectivity index (χ4v) is 2.11. The number of benzene rings is 1. The first kappa shape index (κ1) is 13.3. The van der Waals surface area contributed by atoms with Gasteiger partial charge in [-0.15, -0.1) is 0 Å². The summed E-state index contributed by atoms with van der Waals surface area (Å²) < 4.78 is 5.16. The predicted molar refractivity (Wildman–Crippen MR) is 71.5 cm³/mol. The van der Waals surface area contributed by atoms with Crippen LogP contribution >= 0.6 is 0 Å².